The maximum Gasteiger partial charge on any atom is 0.253 e. The Kier molecular flexibility index (Phi) is 4.20. The van der Waals surface area contributed by atoms with Gasteiger partial charge in [-0.2, -0.15) is 0 Å². The van der Waals surface area contributed by atoms with Crippen LogP contribution in [0, 0.1) is 5.82 Å². The van der Waals surface area contributed by atoms with Gasteiger partial charge in [-0.25, -0.2) is 4.39 Å². The minimum Gasteiger partial charge on any atom is -0.497 e. The van der Waals surface area contributed by atoms with Crippen molar-refractivity contribution in [1.82, 2.24) is 5.32 Å². The van der Waals surface area contributed by atoms with Gasteiger partial charge >= 0.3 is 0 Å². The average molecular weight is 274 g/mol. The van der Waals surface area contributed by atoms with Crippen molar-refractivity contribution in [1.29, 1.82) is 0 Å². The molecule has 1 amide bonds. The average Bonchev–Trinajstić information content (AvgIpc) is 2.48. The molecule has 0 saturated carbocycles. The number of hydrogen-bond donors (Lipinski definition) is 2. The number of nitrogens with two attached hydrogens (primary N) is 1. The Hall–Kier alpha value is -2.56. The van der Waals surface area contributed by atoms with Crippen molar-refractivity contribution < 1.29 is 13.9 Å². The lowest BCUT2D eigenvalue weighted by Crippen LogP contribution is -2.24. The van der Waals surface area contributed by atoms with Gasteiger partial charge in [-0.05, 0) is 29.8 Å². The van der Waals surface area contributed by atoms with E-state index in [1.807, 2.05) is 24.3 Å². The summed E-state index contributed by atoms with van der Waals surface area (Å²) in [6.07, 6.45) is 0. The van der Waals surface area contributed by atoms with Crippen LogP contribution in [0.5, 0.6) is 5.75 Å². The van der Waals surface area contributed by atoms with Crippen molar-refractivity contribution in [2.75, 3.05) is 12.8 Å². The fraction of sp³-hybridized carbons (Fsp3) is 0.133. The SMILES string of the molecule is COc1cccc(CNC(=O)c2cccc(F)c2N)c1. The first kappa shape index (κ1) is 13.9. The quantitative estimate of drug-likeness (QED) is 0.841. The minimum atomic E-state index is -0.598. The molecule has 2 aromatic carbocycles. The molecule has 0 unspecified atom stereocenters. The second-order valence-corrected chi connectivity index (χ2v) is 4.24. The van der Waals surface area contributed by atoms with Crippen molar-refractivity contribution in [3.05, 3.63) is 59.4 Å². The van der Waals surface area contributed by atoms with Gasteiger partial charge in [-0.15, -0.1) is 0 Å². The van der Waals surface area contributed by atoms with E-state index in [0.717, 1.165) is 5.56 Å². The van der Waals surface area contributed by atoms with Gasteiger partial charge < -0.3 is 15.8 Å². The second kappa shape index (κ2) is 6.06. The lowest BCUT2D eigenvalue weighted by molar-refractivity contribution is 0.0951. The first-order valence-electron chi connectivity index (χ1n) is 6.07. The molecule has 104 valence electrons. The normalized spacial score (nSPS) is 10.1. The van der Waals surface area contributed by atoms with Gasteiger partial charge in [-0.3, -0.25) is 4.79 Å². The van der Waals surface area contributed by atoms with Crippen LogP contribution in [0.15, 0.2) is 42.5 Å². The standard InChI is InChI=1S/C15H15FN2O2/c1-20-11-5-2-4-10(8-11)9-18-15(19)12-6-3-7-13(16)14(12)17/h2-8H,9,17H2,1H3,(H,18,19). The van der Waals surface area contributed by atoms with E-state index < -0.39 is 11.7 Å². The van der Waals surface area contributed by atoms with Gasteiger partial charge in [0.05, 0.1) is 18.4 Å². The van der Waals surface area contributed by atoms with E-state index in [0.29, 0.717) is 12.3 Å². The molecule has 0 aliphatic heterocycles. The second-order valence-electron chi connectivity index (χ2n) is 4.24. The molecule has 0 aliphatic carbocycles. The summed E-state index contributed by atoms with van der Waals surface area (Å²) in [5.41, 5.74) is 6.41. The van der Waals surface area contributed by atoms with Crippen molar-refractivity contribution in [3.63, 3.8) is 0 Å². The molecule has 0 aromatic heterocycles. The number of para-hydroxylation sites is 1. The van der Waals surface area contributed by atoms with E-state index >= 15 is 0 Å². The lowest BCUT2D eigenvalue weighted by atomic mass is 10.1. The van der Waals surface area contributed by atoms with E-state index in [-0.39, 0.29) is 11.3 Å². The third-order valence-electron chi connectivity index (χ3n) is 2.88. The summed E-state index contributed by atoms with van der Waals surface area (Å²) in [6, 6.07) is 11.5. The Morgan fingerprint density at radius 2 is 2.05 bits per heavy atom. The molecule has 2 rings (SSSR count). The number of carbonyl (C=O) groups is 1. The summed E-state index contributed by atoms with van der Waals surface area (Å²) in [6.45, 7) is 0.311. The van der Waals surface area contributed by atoms with E-state index in [4.69, 9.17) is 10.5 Å². The number of benzene rings is 2. The predicted molar refractivity (Wildman–Crippen MR) is 75.0 cm³/mol. The van der Waals surface area contributed by atoms with Gasteiger partial charge in [0.2, 0.25) is 0 Å². The molecule has 5 heteroatoms. The van der Waals surface area contributed by atoms with Crippen LogP contribution in [0.25, 0.3) is 0 Å². The van der Waals surface area contributed by atoms with Crippen LogP contribution in [0.1, 0.15) is 15.9 Å². The molecule has 0 heterocycles. The third kappa shape index (κ3) is 3.06. The lowest BCUT2D eigenvalue weighted by Gasteiger charge is -2.09. The van der Waals surface area contributed by atoms with Gasteiger partial charge in [-0.1, -0.05) is 18.2 Å². The van der Waals surface area contributed by atoms with E-state index in [9.17, 15) is 9.18 Å². The molecule has 4 nitrogen and oxygen atoms in total. The van der Waals surface area contributed by atoms with Crippen LogP contribution in [0.2, 0.25) is 0 Å². The fourth-order valence-electron chi connectivity index (χ4n) is 1.80. The van der Waals surface area contributed by atoms with Crippen molar-refractivity contribution in [2.24, 2.45) is 0 Å². The number of nitrogens with one attached hydrogen (secondary N) is 1. The van der Waals surface area contributed by atoms with Crippen LogP contribution in [0.4, 0.5) is 10.1 Å². The molecule has 20 heavy (non-hydrogen) atoms. The molecule has 3 N–H and O–H groups in total. The summed E-state index contributed by atoms with van der Waals surface area (Å²) in [4.78, 5) is 12.0. The Balaban J connectivity index is 2.06. The van der Waals surface area contributed by atoms with E-state index in [1.165, 1.54) is 18.2 Å². The number of halogens is 1. The highest BCUT2D eigenvalue weighted by molar-refractivity contribution is 5.99. The van der Waals surface area contributed by atoms with Crippen molar-refractivity contribution in [3.8, 4) is 5.75 Å². The monoisotopic (exact) mass is 274 g/mol. The molecule has 0 saturated heterocycles. The molecule has 0 atom stereocenters. The zero-order chi connectivity index (χ0) is 14.5. The first-order valence-corrected chi connectivity index (χ1v) is 6.07. The number of rotatable bonds is 4. The molecule has 0 fully saturated rings. The Labute approximate surface area is 116 Å². The Morgan fingerprint density at radius 3 is 2.80 bits per heavy atom. The number of amides is 1. The number of hydrogen-bond acceptors (Lipinski definition) is 3. The van der Waals surface area contributed by atoms with Gasteiger partial charge in [0.15, 0.2) is 0 Å². The number of nitrogen functional groups attached to an aromatic ring is 1. The third-order valence-corrected chi connectivity index (χ3v) is 2.88. The van der Waals surface area contributed by atoms with Crippen LogP contribution >= 0.6 is 0 Å². The van der Waals surface area contributed by atoms with Crippen molar-refractivity contribution >= 4 is 11.6 Å². The Morgan fingerprint density at radius 1 is 1.30 bits per heavy atom. The highest BCUT2D eigenvalue weighted by Gasteiger charge is 2.12. The molecule has 0 bridgehead atoms. The summed E-state index contributed by atoms with van der Waals surface area (Å²) in [5.74, 6) is -0.300. The number of anilines is 1. The topological polar surface area (TPSA) is 64.3 Å². The van der Waals surface area contributed by atoms with Crippen molar-refractivity contribution in [2.45, 2.75) is 6.54 Å². The molecule has 2 aromatic rings. The van der Waals surface area contributed by atoms with E-state index in [2.05, 4.69) is 5.32 Å². The van der Waals surface area contributed by atoms with E-state index in [1.54, 1.807) is 7.11 Å². The maximum atomic E-state index is 13.3. The molecule has 0 radical (unpaired) electrons. The predicted octanol–water partition coefficient (Wildman–Crippen LogP) is 2.35. The zero-order valence-corrected chi connectivity index (χ0v) is 11.0. The van der Waals surface area contributed by atoms with Crippen LogP contribution in [0.3, 0.4) is 0 Å². The van der Waals surface area contributed by atoms with Gasteiger partial charge in [0.25, 0.3) is 5.91 Å². The molecule has 0 aliphatic rings. The first-order chi connectivity index (χ1) is 9.61. The minimum absolute atomic E-state index is 0.132. The summed E-state index contributed by atoms with van der Waals surface area (Å²) >= 11 is 0. The largest absolute Gasteiger partial charge is 0.497 e. The van der Waals surface area contributed by atoms with Gasteiger partial charge in [0.1, 0.15) is 11.6 Å². The number of ether oxygens (including phenoxy) is 1. The maximum absolute atomic E-state index is 13.3. The van der Waals surface area contributed by atoms with Gasteiger partial charge in [0, 0.05) is 6.54 Å². The smallest absolute Gasteiger partial charge is 0.253 e. The highest BCUT2D eigenvalue weighted by atomic mass is 19.1. The highest BCUT2D eigenvalue weighted by Crippen LogP contribution is 2.16. The summed E-state index contributed by atoms with van der Waals surface area (Å²) in [5, 5.41) is 2.69. The Bertz CT molecular complexity index is 629. The molecule has 0 spiro atoms. The summed E-state index contributed by atoms with van der Waals surface area (Å²) in [7, 11) is 1.57. The fourth-order valence-corrected chi connectivity index (χ4v) is 1.80. The molecular formula is C15H15FN2O2. The van der Waals surface area contributed by atoms with Crippen LogP contribution < -0.4 is 15.8 Å². The molecular weight excluding hydrogens is 259 g/mol. The zero-order valence-electron chi connectivity index (χ0n) is 11.0. The summed E-state index contributed by atoms with van der Waals surface area (Å²) < 4.78 is 18.4. The van der Waals surface area contributed by atoms with Crippen LogP contribution in [-0.4, -0.2) is 13.0 Å². The van der Waals surface area contributed by atoms with Crippen LogP contribution in [-0.2, 0) is 6.54 Å². The number of carbonyl (C=O) groups excluding carboxylic acids is 1. The number of methoxy groups -OCH3 is 1.